The van der Waals surface area contributed by atoms with Gasteiger partial charge in [0.05, 0.1) is 37.4 Å². The van der Waals surface area contributed by atoms with Gasteiger partial charge in [0.2, 0.25) is 0 Å². The minimum Gasteiger partial charge on any atom is -0.472 e. The monoisotopic (exact) mass is 616 g/mol. The van der Waals surface area contributed by atoms with Crippen molar-refractivity contribution in [3.05, 3.63) is 77.8 Å². The first-order valence-corrected chi connectivity index (χ1v) is 16.2. The zero-order valence-corrected chi connectivity index (χ0v) is 26.6. The first-order chi connectivity index (χ1) is 21.4. The quantitative estimate of drug-likeness (QED) is 0.259. The number of aliphatic hydroxyl groups excluding tert-OH is 2. The van der Waals surface area contributed by atoms with Crippen LogP contribution < -0.4 is 0 Å². The molecule has 0 spiro atoms. The molecule has 2 aromatic rings. The van der Waals surface area contributed by atoms with Gasteiger partial charge in [0.15, 0.2) is 0 Å². The molecule has 5 aliphatic rings. The number of furan rings is 1. The van der Waals surface area contributed by atoms with Crippen molar-refractivity contribution in [2.75, 3.05) is 6.61 Å². The first-order valence-electron chi connectivity index (χ1n) is 16.2. The van der Waals surface area contributed by atoms with Gasteiger partial charge < -0.3 is 28.8 Å². The number of fused-ring (bicyclic) bond motifs is 4. The largest absolute Gasteiger partial charge is 0.472 e. The van der Waals surface area contributed by atoms with Crippen LogP contribution in [0.25, 0.3) is 6.08 Å². The van der Waals surface area contributed by atoms with E-state index in [4.69, 9.17) is 18.6 Å². The third kappa shape index (κ3) is 4.14. The van der Waals surface area contributed by atoms with Crippen LogP contribution in [0.2, 0.25) is 0 Å². The zero-order valence-electron chi connectivity index (χ0n) is 26.6. The molecule has 8 heteroatoms. The van der Waals surface area contributed by atoms with Crippen LogP contribution in [0.15, 0.2) is 71.1 Å². The van der Waals surface area contributed by atoms with E-state index in [1.165, 1.54) is 13.0 Å². The molecule has 2 heterocycles. The number of aliphatic hydroxyl groups is 2. The summed E-state index contributed by atoms with van der Waals surface area (Å²) >= 11 is 0. The predicted molar refractivity (Wildman–Crippen MR) is 165 cm³/mol. The van der Waals surface area contributed by atoms with Crippen molar-refractivity contribution in [2.24, 2.45) is 33.5 Å². The molecule has 45 heavy (non-hydrogen) atoms. The molecule has 1 aromatic carbocycles. The van der Waals surface area contributed by atoms with E-state index in [-0.39, 0.29) is 30.1 Å². The van der Waals surface area contributed by atoms with Crippen molar-refractivity contribution in [2.45, 2.75) is 90.3 Å². The molecule has 240 valence electrons. The highest BCUT2D eigenvalue weighted by Crippen LogP contribution is 2.75. The van der Waals surface area contributed by atoms with Gasteiger partial charge in [-0.2, -0.15) is 0 Å². The number of ether oxygens (including phenoxy) is 3. The van der Waals surface area contributed by atoms with Crippen LogP contribution in [0.5, 0.6) is 0 Å². The molecule has 0 unspecified atom stereocenters. The summed E-state index contributed by atoms with van der Waals surface area (Å²) in [6.45, 7) is 10.2. The number of allylic oxidation sites excluding steroid dienone is 1. The van der Waals surface area contributed by atoms with Crippen LogP contribution in [0.1, 0.15) is 70.9 Å². The van der Waals surface area contributed by atoms with Gasteiger partial charge >= 0.3 is 11.9 Å². The van der Waals surface area contributed by atoms with Crippen LogP contribution in [0.3, 0.4) is 0 Å². The lowest BCUT2D eigenvalue weighted by Crippen LogP contribution is -2.74. The molecule has 0 radical (unpaired) electrons. The van der Waals surface area contributed by atoms with Crippen LogP contribution in [0.4, 0.5) is 0 Å². The maximum atomic E-state index is 13.4. The summed E-state index contributed by atoms with van der Waals surface area (Å²) in [5, 5.41) is 24.0. The molecule has 12 atom stereocenters. The Morgan fingerprint density at radius 2 is 1.73 bits per heavy atom. The topological polar surface area (TPSA) is 115 Å². The Hall–Kier alpha value is -3.20. The molecular weight excluding hydrogens is 572 g/mol. The zero-order chi connectivity index (χ0) is 31.9. The van der Waals surface area contributed by atoms with Crippen LogP contribution in [0, 0.1) is 33.5 Å². The molecule has 0 amide bonds. The minimum atomic E-state index is -0.881. The van der Waals surface area contributed by atoms with Gasteiger partial charge in [-0.15, -0.1) is 0 Å². The molecule has 1 saturated heterocycles. The number of carbonyl (C=O) groups excluding carboxylic acids is 2. The van der Waals surface area contributed by atoms with E-state index in [0.29, 0.717) is 19.4 Å². The molecule has 4 fully saturated rings. The SMILES string of the molecule is CC(=O)O[C@H]1C[C@H]2[C@](C)(C3=CC[C@@H](c4ccoc4)[C@@]31C)[C@H](O)[C@@H]1OC[C@]3(C)[C@H](O)C[C@H](OC(=O)/C=C/c4ccccc4)[C@@]2(C)[C@@H]13. The Labute approximate surface area is 264 Å². The Balaban J connectivity index is 1.33. The van der Waals surface area contributed by atoms with Crippen LogP contribution >= 0.6 is 0 Å². The van der Waals surface area contributed by atoms with E-state index in [2.05, 4.69) is 26.8 Å². The highest BCUT2D eigenvalue weighted by molar-refractivity contribution is 5.87. The fourth-order valence-corrected chi connectivity index (χ4v) is 10.8. The number of esters is 2. The number of hydrogen-bond donors (Lipinski definition) is 2. The second kappa shape index (κ2) is 10.4. The van der Waals surface area contributed by atoms with Gasteiger partial charge in [0, 0.05) is 52.9 Å². The molecular formula is C37H44O8. The molecule has 3 saturated carbocycles. The van der Waals surface area contributed by atoms with Gasteiger partial charge in [0.25, 0.3) is 0 Å². The van der Waals surface area contributed by atoms with Crippen molar-refractivity contribution in [3.63, 3.8) is 0 Å². The van der Waals surface area contributed by atoms with Crippen molar-refractivity contribution >= 4 is 18.0 Å². The van der Waals surface area contributed by atoms with Gasteiger partial charge in [-0.1, -0.05) is 69.7 Å². The van der Waals surface area contributed by atoms with Gasteiger partial charge in [-0.05, 0) is 42.0 Å². The van der Waals surface area contributed by atoms with E-state index < -0.39 is 58.1 Å². The molecule has 4 aliphatic carbocycles. The lowest BCUT2D eigenvalue weighted by molar-refractivity contribution is -0.268. The standard InChI is InChI=1S/C37H44O8/c1-21(38)44-28-17-26-36(4,25-13-12-24(35(25,28)3)23-15-16-42-19-23)33(41)31-32-34(2,20-43-31)27(39)18-29(37(26,32)5)45-30(40)14-11-22-9-7-6-8-10-22/h6-11,13-16,19,24,26-29,31-33,39,41H,12,17-18,20H2,1-5H3/b14-11+/t24-,26-,27+,28-,29-,31+,32-,33+,34+,35-,36-,37-/m0/s1. The Bertz CT molecular complexity index is 1530. The second-order valence-electron chi connectivity index (χ2n) is 14.9. The smallest absolute Gasteiger partial charge is 0.331 e. The summed E-state index contributed by atoms with van der Waals surface area (Å²) in [6.07, 6.45) is 6.85. The first kappa shape index (κ1) is 30.5. The molecule has 7 rings (SSSR count). The molecule has 1 aliphatic heterocycles. The summed E-state index contributed by atoms with van der Waals surface area (Å²) in [4.78, 5) is 26.1. The number of rotatable bonds is 5. The van der Waals surface area contributed by atoms with Crippen LogP contribution in [-0.2, 0) is 23.8 Å². The van der Waals surface area contributed by atoms with Crippen molar-refractivity contribution in [1.29, 1.82) is 0 Å². The highest BCUT2D eigenvalue weighted by Gasteiger charge is 2.78. The van der Waals surface area contributed by atoms with E-state index in [0.717, 1.165) is 16.7 Å². The molecule has 1 aromatic heterocycles. The maximum absolute atomic E-state index is 13.4. The minimum absolute atomic E-state index is 0.00852. The third-order valence-electron chi connectivity index (χ3n) is 12.9. The van der Waals surface area contributed by atoms with Crippen molar-refractivity contribution in [1.82, 2.24) is 0 Å². The van der Waals surface area contributed by atoms with Gasteiger partial charge in [-0.3, -0.25) is 4.79 Å². The summed E-state index contributed by atoms with van der Waals surface area (Å²) in [5.41, 5.74) is 0.210. The highest BCUT2D eigenvalue weighted by atomic mass is 16.6. The predicted octanol–water partition coefficient (Wildman–Crippen LogP) is 5.45. The summed E-state index contributed by atoms with van der Waals surface area (Å²) in [5.74, 6) is -1.40. The van der Waals surface area contributed by atoms with E-state index in [1.807, 2.05) is 43.3 Å². The van der Waals surface area contributed by atoms with Gasteiger partial charge in [0.1, 0.15) is 12.2 Å². The lowest BCUT2D eigenvalue weighted by atomic mass is 9.36. The average molecular weight is 617 g/mol. The number of hydrogen-bond acceptors (Lipinski definition) is 8. The summed E-state index contributed by atoms with van der Waals surface area (Å²) in [6, 6.07) is 11.5. The number of benzene rings is 1. The van der Waals surface area contributed by atoms with Gasteiger partial charge in [-0.25, -0.2) is 4.79 Å². The Kier molecular flexibility index (Phi) is 7.04. The average Bonchev–Trinajstić information content (AvgIpc) is 3.74. The Morgan fingerprint density at radius 1 is 0.978 bits per heavy atom. The van der Waals surface area contributed by atoms with E-state index in [9.17, 15) is 19.8 Å². The van der Waals surface area contributed by atoms with E-state index in [1.54, 1.807) is 18.6 Å². The molecule has 2 N–H and O–H groups in total. The van der Waals surface area contributed by atoms with Crippen molar-refractivity contribution in [3.8, 4) is 0 Å². The maximum Gasteiger partial charge on any atom is 0.331 e. The summed E-state index contributed by atoms with van der Waals surface area (Å²) in [7, 11) is 0. The lowest BCUT2D eigenvalue weighted by Gasteiger charge is -2.69. The second-order valence-corrected chi connectivity index (χ2v) is 14.9. The fourth-order valence-electron chi connectivity index (χ4n) is 10.8. The van der Waals surface area contributed by atoms with Crippen LogP contribution in [-0.4, -0.2) is 59.3 Å². The van der Waals surface area contributed by atoms with E-state index >= 15 is 0 Å². The summed E-state index contributed by atoms with van der Waals surface area (Å²) < 4.78 is 24.5. The Morgan fingerprint density at radius 3 is 2.42 bits per heavy atom. The fraction of sp³-hybridized carbons (Fsp3) is 0.568. The normalized spacial score (nSPS) is 44.9. The molecule has 0 bridgehead atoms. The van der Waals surface area contributed by atoms with Crippen molar-refractivity contribution < 1.29 is 38.4 Å². The number of carbonyl (C=O) groups is 2. The third-order valence-corrected chi connectivity index (χ3v) is 12.9. The molecule has 8 nitrogen and oxygen atoms in total.